The lowest BCUT2D eigenvalue weighted by Gasteiger charge is -2.08. The minimum absolute atomic E-state index is 0.223. The number of hydrogen-bond acceptors (Lipinski definition) is 8. The molecule has 0 aliphatic heterocycles. The lowest BCUT2D eigenvalue weighted by molar-refractivity contribution is -0.156. The molecule has 0 saturated heterocycles. The van der Waals surface area contributed by atoms with Gasteiger partial charge in [-0.3, -0.25) is 19.4 Å². The molecule has 0 spiro atoms. The maximum Gasteiger partial charge on any atom is 0.310 e. The third-order valence-electron chi connectivity index (χ3n) is 2.45. The molecule has 1 amide bonds. The average Bonchev–Trinajstić information content (AvgIpc) is 2.54. The number of anilines is 1. The molecule has 9 nitrogen and oxygen atoms in total. The third-order valence-corrected chi connectivity index (χ3v) is 2.45. The Balaban J connectivity index is 0.000000381. The van der Waals surface area contributed by atoms with Gasteiger partial charge in [0.05, 0.1) is 13.3 Å². The number of hydrogen-bond donors (Lipinski definition) is 1. The monoisotopic (exact) mass is 346 g/mol. The highest BCUT2D eigenvalue weighted by Gasteiger charge is 2.10. The normalized spacial score (nSPS) is 9.28. The third kappa shape index (κ3) is 7.16. The van der Waals surface area contributed by atoms with Crippen LogP contribution in [0.4, 0.5) is 5.82 Å². The Morgan fingerprint density at radius 3 is 2.16 bits per heavy atom. The second-order valence-electron chi connectivity index (χ2n) is 4.59. The highest BCUT2D eigenvalue weighted by molar-refractivity contribution is 5.89. The van der Waals surface area contributed by atoms with Crippen LogP contribution in [-0.4, -0.2) is 39.9 Å². The van der Waals surface area contributed by atoms with E-state index >= 15 is 0 Å². The Morgan fingerprint density at radius 2 is 1.72 bits per heavy atom. The van der Waals surface area contributed by atoms with Gasteiger partial charge in [0.25, 0.3) is 0 Å². The molecule has 132 valence electrons. The number of nitrogens with zero attached hydrogens (tertiary/aromatic N) is 3. The first-order valence-corrected chi connectivity index (χ1v) is 7.12. The van der Waals surface area contributed by atoms with Crippen LogP contribution < -0.4 is 10.1 Å². The molecule has 2 heterocycles. The topological polar surface area (TPSA) is 120 Å². The molecule has 0 bridgehead atoms. The fourth-order valence-corrected chi connectivity index (χ4v) is 1.60. The van der Waals surface area contributed by atoms with Crippen molar-refractivity contribution >= 4 is 23.7 Å². The van der Waals surface area contributed by atoms with E-state index in [0.717, 1.165) is 0 Å². The van der Waals surface area contributed by atoms with Gasteiger partial charge in [0.2, 0.25) is 5.91 Å². The molecule has 2 aromatic heterocycles. The van der Waals surface area contributed by atoms with E-state index in [2.05, 4.69) is 25.0 Å². The van der Waals surface area contributed by atoms with Crippen molar-refractivity contribution in [2.24, 2.45) is 0 Å². The summed E-state index contributed by atoms with van der Waals surface area (Å²) in [5, 5.41) is 2.59. The van der Waals surface area contributed by atoms with Crippen molar-refractivity contribution in [2.75, 3.05) is 12.4 Å². The molecule has 2 aromatic rings. The van der Waals surface area contributed by atoms with Crippen molar-refractivity contribution in [2.45, 2.75) is 20.8 Å². The summed E-state index contributed by atoms with van der Waals surface area (Å²) < 4.78 is 9.05. The van der Waals surface area contributed by atoms with Crippen LogP contribution in [0.25, 0.3) is 11.5 Å². The summed E-state index contributed by atoms with van der Waals surface area (Å²) in [6, 6.07) is 5.44. The first kappa shape index (κ1) is 19.7. The van der Waals surface area contributed by atoms with Crippen molar-refractivity contribution in [3.8, 4) is 17.3 Å². The number of esters is 2. The zero-order chi connectivity index (χ0) is 18.8. The van der Waals surface area contributed by atoms with Gasteiger partial charge < -0.3 is 14.8 Å². The van der Waals surface area contributed by atoms with Gasteiger partial charge in [0, 0.05) is 27.0 Å². The molecule has 0 aromatic carbocycles. The van der Waals surface area contributed by atoms with Gasteiger partial charge >= 0.3 is 11.9 Å². The van der Waals surface area contributed by atoms with E-state index in [0.29, 0.717) is 23.1 Å². The smallest absolute Gasteiger partial charge is 0.310 e. The number of carbonyl (C=O) groups is 3. The van der Waals surface area contributed by atoms with E-state index in [9.17, 15) is 14.4 Å². The highest BCUT2D eigenvalue weighted by atomic mass is 16.6. The van der Waals surface area contributed by atoms with Crippen molar-refractivity contribution in [1.29, 1.82) is 0 Å². The molecule has 25 heavy (non-hydrogen) atoms. The Bertz CT molecular complexity index is 737. The van der Waals surface area contributed by atoms with Crippen molar-refractivity contribution < 1.29 is 23.9 Å². The Kier molecular flexibility index (Phi) is 7.64. The molecule has 0 atom stereocenters. The standard InChI is InChI=1S/C12H12N4O2.C4H6O3/c1-8(17)15-12-10(18-2)7-14-11(16-12)9-5-3-4-6-13-9;1-3(5)7-4(2)6/h3-7H,1-2H3,(H,14,15,16,17);1-2H3. The van der Waals surface area contributed by atoms with Crippen LogP contribution in [0.5, 0.6) is 5.75 Å². The van der Waals surface area contributed by atoms with Gasteiger partial charge in [-0.05, 0) is 12.1 Å². The van der Waals surface area contributed by atoms with E-state index in [1.807, 2.05) is 12.1 Å². The first-order chi connectivity index (χ1) is 11.8. The van der Waals surface area contributed by atoms with Gasteiger partial charge in [-0.15, -0.1) is 0 Å². The van der Waals surface area contributed by atoms with Gasteiger partial charge in [0.1, 0.15) is 5.69 Å². The first-order valence-electron chi connectivity index (χ1n) is 7.12. The summed E-state index contributed by atoms with van der Waals surface area (Å²) in [5.74, 6) is -0.176. The van der Waals surface area contributed by atoms with Crippen molar-refractivity contribution in [3.63, 3.8) is 0 Å². The molecule has 2 rings (SSSR count). The van der Waals surface area contributed by atoms with E-state index in [1.165, 1.54) is 34.1 Å². The van der Waals surface area contributed by atoms with Crippen LogP contribution >= 0.6 is 0 Å². The Labute approximate surface area is 144 Å². The van der Waals surface area contributed by atoms with E-state index in [4.69, 9.17) is 4.74 Å². The van der Waals surface area contributed by atoms with E-state index in [-0.39, 0.29) is 5.91 Å². The molecular formula is C16H18N4O5. The number of nitrogens with one attached hydrogen (secondary N) is 1. The van der Waals surface area contributed by atoms with Crippen LogP contribution in [0.2, 0.25) is 0 Å². The molecule has 0 unspecified atom stereocenters. The van der Waals surface area contributed by atoms with Crippen molar-refractivity contribution in [3.05, 3.63) is 30.6 Å². The van der Waals surface area contributed by atoms with Gasteiger partial charge in [-0.1, -0.05) is 6.07 Å². The molecule has 0 aliphatic rings. The summed E-state index contributed by atoms with van der Waals surface area (Å²) in [5.41, 5.74) is 0.631. The summed E-state index contributed by atoms with van der Waals surface area (Å²) in [4.78, 5) is 43.2. The number of rotatable bonds is 3. The molecule has 0 radical (unpaired) electrons. The number of carbonyl (C=O) groups excluding carboxylic acids is 3. The number of amides is 1. The second-order valence-corrected chi connectivity index (χ2v) is 4.59. The maximum atomic E-state index is 11.1. The van der Waals surface area contributed by atoms with Crippen LogP contribution in [-0.2, 0) is 19.1 Å². The molecule has 0 aliphatic carbocycles. The molecular weight excluding hydrogens is 328 g/mol. The minimum Gasteiger partial charge on any atom is -0.491 e. The lowest BCUT2D eigenvalue weighted by Crippen LogP contribution is -2.10. The SMILES string of the molecule is CC(=O)OC(C)=O.COc1cnc(-c2ccccn2)nc1NC(C)=O. The summed E-state index contributed by atoms with van der Waals surface area (Å²) in [6.07, 6.45) is 3.16. The van der Waals surface area contributed by atoms with Gasteiger partial charge in [-0.2, -0.15) is 0 Å². The average molecular weight is 346 g/mol. The van der Waals surface area contributed by atoms with Crippen LogP contribution in [0, 0.1) is 0 Å². The molecule has 0 saturated carbocycles. The van der Waals surface area contributed by atoms with Crippen molar-refractivity contribution in [1.82, 2.24) is 15.0 Å². The maximum absolute atomic E-state index is 11.1. The minimum atomic E-state index is -0.562. The summed E-state index contributed by atoms with van der Waals surface area (Å²) >= 11 is 0. The Morgan fingerprint density at radius 1 is 1.04 bits per heavy atom. The number of ether oxygens (including phenoxy) is 2. The number of aromatic nitrogens is 3. The van der Waals surface area contributed by atoms with Crippen LogP contribution in [0.15, 0.2) is 30.6 Å². The molecule has 1 N–H and O–H groups in total. The zero-order valence-corrected chi connectivity index (χ0v) is 14.3. The largest absolute Gasteiger partial charge is 0.491 e. The second kappa shape index (κ2) is 9.71. The quantitative estimate of drug-likeness (QED) is 0.657. The molecule has 0 fully saturated rings. The lowest BCUT2D eigenvalue weighted by atomic mass is 10.3. The summed E-state index contributed by atoms with van der Waals surface area (Å²) in [6.45, 7) is 3.77. The van der Waals surface area contributed by atoms with E-state index in [1.54, 1.807) is 12.3 Å². The van der Waals surface area contributed by atoms with Gasteiger partial charge in [0.15, 0.2) is 17.4 Å². The fourth-order valence-electron chi connectivity index (χ4n) is 1.60. The predicted molar refractivity (Wildman–Crippen MR) is 88.6 cm³/mol. The van der Waals surface area contributed by atoms with Crippen LogP contribution in [0.1, 0.15) is 20.8 Å². The molecule has 9 heteroatoms. The fraction of sp³-hybridized carbons (Fsp3) is 0.250. The van der Waals surface area contributed by atoms with Crippen LogP contribution in [0.3, 0.4) is 0 Å². The van der Waals surface area contributed by atoms with E-state index < -0.39 is 11.9 Å². The zero-order valence-electron chi connectivity index (χ0n) is 14.3. The van der Waals surface area contributed by atoms with Gasteiger partial charge in [-0.25, -0.2) is 9.97 Å². The number of methoxy groups -OCH3 is 1. The highest BCUT2D eigenvalue weighted by Crippen LogP contribution is 2.23. The number of pyridine rings is 1. The Hall–Kier alpha value is -3.36. The summed E-state index contributed by atoms with van der Waals surface area (Å²) in [7, 11) is 1.49. The predicted octanol–water partition coefficient (Wildman–Crippen LogP) is 1.60.